The minimum atomic E-state index is -1.03. The molecule has 112 valence electrons. The molecule has 4 rings (SSSR count). The zero-order valence-corrected chi connectivity index (χ0v) is 12.2. The van der Waals surface area contributed by atoms with Crippen molar-refractivity contribution in [2.75, 3.05) is 0 Å². The monoisotopic (exact) mass is 303 g/mol. The van der Waals surface area contributed by atoms with E-state index in [-0.39, 0.29) is 5.69 Å². The minimum absolute atomic E-state index is 0.0492. The molecule has 0 atom stereocenters. The number of nitrogens with one attached hydrogen (secondary N) is 1. The van der Waals surface area contributed by atoms with Crippen LogP contribution in [0.1, 0.15) is 21.7 Å². The van der Waals surface area contributed by atoms with Crippen LogP contribution in [0, 0.1) is 0 Å². The number of benzene rings is 1. The predicted octanol–water partition coefficient (Wildman–Crippen LogP) is 3.40. The van der Waals surface area contributed by atoms with Crippen LogP contribution in [-0.4, -0.2) is 26.0 Å². The van der Waals surface area contributed by atoms with Crippen LogP contribution in [-0.2, 0) is 6.42 Å². The lowest BCUT2D eigenvalue weighted by Gasteiger charge is -2.05. The summed E-state index contributed by atoms with van der Waals surface area (Å²) in [6.07, 6.45) is 2.27. The van der Waals surface area contributed by atoms with Gasteiger partial charge in [-0.15, -0.1) is 0 Å². The fourth-order valence-corrected chi connectivity index (χ4v) is 2.82. The Bertz CT molecular complexity index is 1020. The highest BCUT2D eigenvalue weighted by molar-refractivity contribution is 6.08. The first-order valence-electron chi connectivity index (χ1n) is 7.26. The van der Waals surface area contributed by atoms with Gasteiger partial charge in [0.25, 0.3) is 0 Å². The van der Waals surface area contributed by atoms with Crippen LogP contribution in [0.25, 0.3) is 21.9 Å². The Morgan fingerprint density at radius 2 is 1.91 bits per heavy atom. The van der Waals surface area contributed by atoms with Crippen molar-refractivity contribution in [1.82, 2.24) is 15.0 Å². The van der Waals surface area contributed by atoms with Gasteiger partial charge < -0.3 is 10.1 Å². The molecule has 0 aliphatic carbocycles. The third kappa shape index (κ3) is 2.32. The summed E-state index contributed by atoms with van der Waals surface area (Å²) < 4.78 is 0. The standard InChI is InChI=1S/C18H13N3O2/c22-18(23)15-10-13-12-7-4-8-19-17(12)21-16(13)14(20-15)9-11-5-2-1-3-6-11/h1-8,10H,9H2,(H,19,21)(H,22,23). The maximum absolute atomic E-state index is 11.4. The van der Waals surface area contributed by atoms with E-state index in [1.807, 2.05) is 42.5 Å². The summed E-state index contributed by atoms with van der Waals surface area (Å²) in [5, 5.41) is 11.1. The van der Waals surface area contributed by atoms with Gasteiger partial charge in [-0.2, -0.15) is 0 Å². The van der Waals surface area contributed by atoms with Gasteiger partial charge in [-0.05, 0) is 23.8 Å². The van der Waals surface area contributed by atoms with Gasteiger partial charge in [-0.3, -0.25) is 0 Å². The molecule has 0 radical (unpaired) electrons. The summed E-state index contributed by atoms with van der Waals surface area (Å²) in [7, 11) is 0. The van der Waals surface area contributed by atoms with Gasteiger partial charge >= 0.3 is 5.97 Å². The molecule has 5 heteroatoms. The molecule has 0 spiro atoms. The van der Waals surface area contributed by atoms with E-state index < -0.39 is 5.97 Å². The van der Waals surface area contributed by atoms with E-state index in [0.29, 0.717) is 12.1 Å². The minimum Gasteiger partial charge on any atom is -0.477 e. The van der Waals surface area contributed by atoms with Crippen molar-refractivity contribution in [3.05, 3.63) is 71.7 Å². The molecular weight excluding hydrogens is 290 g/mol. The molecule has 1 aromatic carbocycles. The van der Waals surface area contributed by atoms with Gasteiger partial charge in [0, 0.05) is 23.4 Å². The van der Waals surface area contributed by atoms with Crippen LogP contribution in [0.5, 0.6) is 0 Å². The zero-order chi connectivity index (χ0) is 15.8. The van der Waals surface area contributed by atoms with E-state index in [1.54, 1.807) is 12.3 Å². The molecular formula is C18H13N3O2. The summed E-state index contributed by atoms with van der Waals surface area (Å²) in [6.45, 7) is 0. The summed E-state index contributed by atoms with van der Waals surface area (Å²) in [5.74, 6) is -1.03. The van der Waals surface area contributed by atoms with Crippen molar-refractivity contribution >= 4 is 27.9 Å². The SMILES string of the molecule is O=C(O)c1cc2c([nH]c3ncccc32)c(Cc2ccccc2)n1. The van der Waals surface area contributed by atoms with Crippen molar-refractivity contribution in [3.8, 4) is 0 Å². The second-order valence-corrected chi connectivity index (χ2v) is 5.37. The molecule has 0 fully saturated rings. The molecule has 5 nitrogen and oxygen atoms in total. The number of hydrogen-bond donors (Lipinski definition) is 2. The Labute approximate surface area is 131 Å². The van der Waals surface area contributed by atoms with Gasteiger partial charge in [-0.25, -0.2) is 14.8 Å². The summed E-state index contributed by atoms with van der Waals surface area (Å²) in [5.41, 5.74) is 3.42. The Kier molecular flexibility index (Phi) is 3.05. The quantitative estimate of drug-likeness (QED) is 0.608. The van der Waals surface area contributed by atoms with Crippen LogP contribution in [0.2, 0.25) is 0 Å². The highest BCUT2D eigenvalue weighted by atomic mass is 16.4. The van der Waals surface area contributed by atoms with Crippen molar-refractivity contribution in [2.45, 2.75) is 6.42 Å². The van der Waals surface area contributed by atoms with E-state index in [9.17, 15) is 9.90 Å². The molecule has 0 aliphatic rings. The number of nitrogens with zero attached hydrogens (tertiary/aromatic N) is 2. The Balaban J connectivity index is 1.99. The van der Waals surface area contributed by atoms with Gasteiger partial charge in [-0.1, -0.05) is 30.3 Å². The number of carbonyl (C=O) groups is 1. The molecule has 0 unspecified atom stereocenters. The van der Waals surface area contributed by atoms with Crippen LogP contribution in [0.4, 0.5) is 0 Å². The highest BCUT2D eigenvalue weighted by Crippen LogP contribution is 2.27. The lowest BCUT2D eigenvalue weighted by Crippen LogP contribution is -2.04. The number of aromatic nitrogens is 3. The number of H-pyrrole nitrogens is 1. The summed E-state index contributed by atoms with van der Waals surface area (Å²) in [4.78, 5) is 23.3. The second kappa shape index (κ2) is 5.21. The van der Waals surface area contributed by atoms with Crippen molar-refractivity contribution in [1.29, 1.82) is 0 Å². The number of hydrogen-bond acceptors (Lipinski definition) is 3. The van der Waals surface area contributed by atoms with Crippen molar-refractivity contribution < 1.29 is 9.90 Å². The number of pyridine rings is 2. The number of aromatic carboxylic acids is 1. The van der Waals surface area contributed by atoms with E-state index >= 15 is 0 Å². The maximum Gasteiger partial charge on any atom is 0.354 e. The first kappa shape index (κ1) is 13.5. The number of aromatic amines is 1. The molecule has 0 saturated carbocycles. The Hall–Kier alpha value is -3.21. The highest BCUT2D eigenvalue weighted by Gasteiger charge is 2.15. The molecule has 0 amide bonds. The van der Waals surface area contributed by atoms with Gasteiger partial charge in [0.05, 0.1) is 11.2 Å². The lowest BCUT2D eigenvalue weighted by molar-refractivity contribution is 0.0690. The third-order valence-electron chi connectivity index (χ3n) is 3.87. The topological polar surface area (TPSA) is 78.9 Å². The third-order valence-corrected chi connectivity index (χ3v) is 3.87. The van der Waals surface area contributed by atoms with Crippen LogP contribution in [0.3, 0.4) is 0 Å². The Morgan fingerprint density at radius 3 is 2.70 bits per heavy atom. The first-order chi connectivity index (χ1) is 11.2. The van der Waals surface area contributed by atoms with E-state index in [0.717, 1.165) is 27.5 Å². The lowest BCUT2D eigenvalue weighted by atomic mass is 10.1. The largest absolute Gasteiger partial charge is 0.477 e. The zero-order valence-electron chi connectivity index (χ0n) is 12.2. The van der Waals surface area contributed by atoms with Crippen LogP contribution < -0.4 is 0 Å². The van der Waals surface area contributed by atoms with Gasteiger partial charge in [0.15, 0.2) is 0 Å². The molecule has 2 N–H and O–H groups in total. The van der Waals surface area contributed by atoms with Crippen LogP contribution >= 0.6 is 0 Å². The average molecular weight is 303 g/mol. The molecule has 23 heavy (non-hydrogen) atoms. The fourth-order valence-electron chi connectivity index (χ4n) is 2.82. The number of rotatable bonds is 3. The molecule has 0 saturated heterocycles. The van der Waals surface area contributed by atoms with Gasteiger partial charge in [0.1, 0.15) is 11.3 Å². The van der Waals surface area contributed by atoms with Gasteiger partial charge in [0.2, 0.25) is 0 Å². The van der Waals surface area contributed by atoms with E-state index in [1.165, 1.54) is 0 Å². The number of fused-ring (bicyclic) bond motifs is 3. The number of carboxylic acid groups (broad SMARTS) is 1. The fraction of sp³-hybridized carbons (Fsp3) is 0.0556. The molecule has 0 aliphatic heterocycles. The Morgan fingerprint density at radius 1 is 1.09 bits per heavy atom. The molecule has 3 aromatic heterocycles. The van der Waals surface area contributed by atoms with E-state index in [2.05, 4.69) is 15.0 Å². The normalized spacial score (nSPS) is 11.1. The summed E-state index contributed by atoms with van der Waals surface area (Å²) in [6, 6.07) is 15.2. The number of carboxylic acids is 1. The first-order valence-corrected chi connectivity index (χ1v) is 7.26. The molecule has 3 heterocycles. The van der Waals surface area contributed by atoms with Crippen molar-refractivity contribution in [3.63, 3.8) is 0 Å². The maximum atomic E-state index is 11.4. The second-order valence-electron chi connectivity index (χ2n) is 5.37. The average Bonchev–Trinajstić information content (AvgIpc) is 2.95. The van der Waals surface area contributed by atoms with Crippen molar-refractivity contribution in [2.24, 2.45) is 0 Å². The molecule has 4 aromatic rings. The smallest absolute Gasteiger partial charge is 0.354 e. The predicted molar refractivity (Wildman–Crippen MR) is 87.6 cm³/mol. The van der Waals surface area contributed by atoms with Crippen LogP contribution in [0.15, 0.2) is 54.7 Å². The molecule has 0 bridgehead atoms. The summed E-state index contributed by atoms with van der Waals surface area (Å²) >= 11 is 0. The van der Waals surface area contributed by atoms with E-state index in [4.69, 9.17) is 0 Å².